The van der Waals surface area contributed by atoms with Gasteiger partial charge in [0.25, 0.3) is 0 Å². The van der Waals surface area contributed by atoms with E-state index in [4.69, 9.17) is 4.74 Å². The van der Waals surface area contributed by atoms with Gasteiger partial charge in [0.05, 0.1) is 13.5 Å². The Morgan fingerprint density at radius 2 is 1.91 bits per heavy atom. The molecule has 0 aromatic heterocycles. The Balaban J connectivity index is 2.05. The van der Waals surface area contributed by atoms with Crippen LogP contribution in [0.3, 0.4) is 0 Å². The number of ether oxygens (including phenoxy) is 1. The lowest BCUT2D eigenvalue weighted by Crippen LogP contribution is -2.07. The number of aryl methyl sites for hydroxylation is 1. The van der Waals surface area contributed by atoms with Crippen molar-refractivity contribution < 1.29 is 19.4 Å². The van der Waals surface area contributed by atoms with Crippen molar-refractivity contribution in [2.24, 2.45) is 0 Å². The Hall–Kier alpha value is -2.88. The number of benzene rings is 2. The Kier molecular flexibility index (Phi) is 5.31. The molecule has 4 nitrogen and oxygen atoms in total. The van der Waals surface area contributed by atoms with E-state index < -0.39 is 0 Å². The van der Waals surface area contributed by atoms with Crippen molar-refractivity contribution in [2.75, 3.05) is 7.11 Å². The number of aromatic hydroxyl groups is 1. The van der Waals surface area contributed by atoms with Gasteiger partial charge in [0.1, 0.15) is 0 Å². The molecule has 0 bridgehead atoms. The van der Waals surface area contributed by atoms with Gasteiger partial charge in [-0.3, -0.25) is 9.59 Å². The van der Waals surface area contributed by atoms with E-state index in [1.54, 1.807) is 30.3 Å². The van der Waals surface area contributed by atoms with Crippen LogP contribution in [0.1, 0.15) is 27.9 Å². The average molecular weight is 310 g/mol. The number of allylic oxidation sites excluding steroid dienone is 1. The van der Waals surface area contributed by atoms with Crippen LogP contribution in [0.15, 0.2) is 48.5 Å². The van der Waals surface area contributed by atoms with Crippen molar-refractivity contribution in [3.8, 4) is 11.5 Å². The van der Waals surface area contributed by atoms with E-state index in [-0.39, 0.29) is 23.7 Å². The summed E-state index contributed by atoms with van der Waals surface area (Å²) in [5.41, 5.74) is 2.13. The second-order valence-electron chi connectivity index (χ2n) is 5.15. The normalized spacial score (nSPS) is 10.7. The van der Waals surface area contributed by atoms with Gasteiger partial charge in [-0.2, -0.15) is 0 Å². The number of carbonyl (C=O) groups excluding carboxylic acids is 2. The minimum Gasteiger partial charge on any atom is -0.504 e. The maximum atomic E-state index is 12.1. The molecule has 0 aliphatic heterocycles. The number of ketones is 2. The van der Waals surface area contributed by atoms with Gasteiger partial charge in [-0.1, -0.05) is 36.4 Å². The molecule has 0 unspecified atom stereocenters. The molecule has 2 rings (SSSR count). The molecule has 0 radical (unpaired) electrons. The summed E-state index contributed by atoms with van der Waals surface area (Å²) >= 11 is 0. The molecule has 0 heterocycles. The summed E-state index contributed by atoms with van der Waals surface area (Å²) < 4.78 is 5.01. The zero-order chi connectivity index (χ0) is 16.8. The van der Waals surface area contributed by atoms with Gasteiger partial charge in [0, 0.05) is 5.56 Å². The first-order valence-corrected chi connectivity index (χ1v) is 7.18. The van der Waals surface area contributed by atoms with Crippen LogP contribution in [0.5, 0.6) is 11.5 Å². The standard InChI is InChI=1S/C19H18O4/c1-13-5-3-4-6-16(13)18(22)12-15(20)9-7-14-8-10-17(21)19(11-14)23-2/h3-11,21H,12H2,1-2H3/b9-7+. The van der Waals surface area contributed by atoms with Crippen molar-refractivity contribution in [3.05, 3.63) is 65.2 Å². The fourth-order valence-electron chi connectivity index (χ4n) is 2.19. The van der Waals surface area contributed by atoms with Gasteiger partial charge in [-0.05, 0) is 36.3 Å². The molecule has 0 amide bonds. The molecule has 0 saturated heterocycles. The number of hydrogen-bond donors (Lipinski definition) is 1. The van der Waals surface area contributed by atoms with E-state index >= 15 is 0 Å². The Bertz CT molecular complexity index is 760. The third-order valence-corrected chi connectivity index (χ3v) is 3.45. The molecule has 1 N–H and O–H groups in total. The highest BCUT2D eigenvalue weighted by Crippen LogP contribution is 2.26. The van der Waals surface area contributed by atoms with Gasteiger partial charge >= 0.3 is 0 Å². The van der Waals surface area contributed by atoms with E-state index in [9.17, 15) is 14.7 Å². The summed E-state index contributed by atoms with van der Waals surface area (Å²) in [4.78, 5) is 24.1. The topological polar surface area (TPSA) is 63.6 Å². The van der Waals surface area contributed by atoms with Gasteiger partial charge in [0.2, 0.25) is 0 Å². The average Bonchev–Trinajstić information content (AvgIpc) is 2.54. The van der Waals surface area contributed by atoms with E-state index in [2.05, 4.69) is 0 Å². The maximum absolute atomic E-state index is 12.1. The quantitative estimate of drug-likeness (QED) is 0.503. The first-order chi connectivity index (χ1) is 11.0. The van der Waals surface area contributed by atoms with Crippen molar-refractivity contribution in [1.29, 1.82) is 0 Å². The molecule has 23 heavy (non-hydrogen) atoms. The summed E-state index contributed by atoms with van der Waals surface area (Å²) in [6.45, 7) is 1.84. The Labute approximate surface area is 135 Å². The summed E-state index contributed by atoms with van der Waals surface area (Å²) in [5, 5.41) is 9.52. The summed E-state index contributed by atoms with van der Waals surface area (Å²) in [5.74, 6) is -0.104. The predicted octanol–water partition coefficient (Wildman–Crippen LogP) is 3.56. The summed E-state index contributed by atoms with van der Waals surface area (Å²) in [7, 11) is 1.45. The lowest BCUT2D eigenvalue weighted by atomic mass is 10.0. The molecule has 0 aliphatic rings. The van der Waals surface area contributed by atoms with Gasteiger partial charge < -0.3 is 9.84 Å². The van der Waals surface area contributed by atoms with Crippen LogP contribution in [-0.2, 0) is 4.79 Å². The molecule has 0 fully saturated rings. The van der Waals surface area contributed by atoms with E-state index in [1.165, 1.54) is 19.3 Å². The third-order valence-electron chi connectivity index (χ3n) is 3.45. The molecule has 2 aromatic carbocycles. The van der Waals surface area contributed by atoms with Crippen LogP contribution in [0.25, 0.3) is 6.08 Å². The van der Waals surface area contributed by atoms with E-state index in [0.717, 1.165) is 5.56 Å². The van der Waals surface area contributed by atoms with Crippen molar-refractivity contribution >= 4 is 17.6 Å². The molecular formula is C19H18O4. The van der Waals surface area contributed by atoms with E-state index in [1.807, 2.05) is 19.1 Å². The second-order valence-corrected chi connectivity index (χ2v) is 5.15. The van der Waals surface area contributed by atoms with E-state index in [0.29, 0.717) is 16.9 Å². The first kappa shape index (κ1) is 16.5. The number of hydrogen-bond acceptors (Lipinski definition) is 4. The molecule has 0 atom stereocenters. The minimum atomic E-state index is -0.273. The van der Waals surface area contributed by atoms with Crippen LogP contribution >= 0.6 is 0 Å². The highest BCUT2D eigenvalue weighted by molar-refractivity contribution is 6.12. The first-order valence-electron chi connectivity index (χ1n) is 7.18. The number of carbonyl (C=O) groups is 2. The monoisotopic (exact) mass is 310 g/mol. The van der Waals surface area contributed by atoms with Crippen LogP contribution in [0, 0.1) is 6.92 Å². The maximum Gasteiger partial charge on any atom is 0.170 e. The van der Waals surface area contributed by atoms with Crippen LogP contribution in [-0.4, -0.2) is 23.8 Å². The van der Waals surface area contributed by atoms with Crippen LogP contribution in [0.4, 0.5) is 0 Å². The second kappa shape index (κ2) is 7.40. The van der Waals surface area contributed by atoms with Gasteiger partial charge in [-0.25, -0.2) is 0 Å². The van der Waals surface area contributed by atoms with Crippen LogP contribution < -0.4 is 4.74 Å². The third kappa shape index (κ3) is 4.30. The van der Waals surface area contributed by atoms with Crippen molar-refractivity contribution in [2.45, 2.75) is 13.3 Å². The highest BCUT2D eigenvalue weighted by atomic mass is 16.5. The predicted molar refractivity (Wildman–Crippen MR) is 88.8 cm³/mol. The van der Waals surface area contributed by atoms with Gasteiger partial charge in [0.15, 0.2) is 23.1 Å². The Morgan fingerprint density at radius 1 is 1.17 bits per heavy atom. The van der Waals surface area contributed by atoms with Gasteiger partial charge in [-0.15, -0.1) is 0 Å². The molecule has 0 saturated carbocycles. The largest absolute Gasteiger partial charge is 0.504 e. The highest BCUT2D eigenvalue weighted by Gasteiger charge is 2.11. The number of rotatable bonds is 6. The summed E-state index contributed by atoms with van der Waals surface area (Å²) in [6.07, 6.45) is 2.79. The SMILES string of the molecule is COc1cc(/C=C/C(=O)CC(=O)c2ccccc2C)ccc1O. The number of methoxy groups -OCH3 is 1. The lowest BCUT2D eigenvalue weighted by molar-refractivity contribution is -0.113. The molecule has 0 aliphatic carbocycles. The molecule has 118 valence electrons. The fourth-order valence-corrected chi connectivity index (χ4v) is 2.19. The molecular weight excluding hydrogens is 292 g/mol. The molecule has 4 heteroatoms. The fraction of sp³-hybridized carbons (Fsp3) is 0.158. The Morgan fingerprint density at radius 3 is 2.61 bits per heavy atom. The summed E-state index contributed by atoms with van der Waals surface area (Å²) in [6, 6.07) is 12.0. The number of phenols is 1. The van der Waals surface area contributed by atoms with Crippen molar-refractivity contribution in [1.82, 2.24) is 0 Å². The molecule has 2 aromatic rings. The molecule has 0 spiro atoms. The number of Topliss-reactive ketones (excluding diaryl/α,β-unsaturated/α-hetero) is 1. The zero-order valence-electron chi connectivity index (χ0n) is 13.1. The minimum absolute atomic E-state index is 0.0331. The lowest BCUT2D eigenvalue weighted by Gasteiger charge is -2.04. The van der Waals surface area contributed by atoms with Crippen molar-refractivity contribution in [3.63, 3.8) is 0 Å². The zero-order valence-corrected chi connectivity index (χ0v) is 13.1. The van der Waals surface area contributed by atoms with Crippen LogP contribution in [0.2, 0.25) is 0 Å². The smallest absolute Gasteiger partial charge is 0.170 e. The number of phenolic OH excluding ortho intramolecular Hbond substituents is 1.